The van der Waals surface area contributed by atoms with Gasteiger partial charge in [0.15, 0.2) is 0 Å². The summed E-state index contributed by atoms with van der Waals surface area (Å²) in [5, 5.41) is 7.15. The molecule has 1 aliphatic rings. The Morgan fingerprint density at radius 1 is 0.879 bits per heavy atom. The molecular formula is C24H24FN5O3. The van der Waals surface area contributed by atoms with Crippen LogP contribution in [0.5, 0.6) is 0 Å². The van der Waals surface area contributed by atoms with Gasteiger partial charge in [-0.2, -0.15) is 5.10 Å². The van der Waals surface area contributed by atoms with Crippen LogP contribution < -0.4 is 5.32 Å². The number of carbonyl (C=O) groups excluding carboxylic acids is 3. The fourth-order valence-electron chi connectivity index (χ4n) is 3.89. The molecule has 9 heteroatoms. The first-order valence-electron chi connectivity index (χ1n) is 10.6. The lowest BCUT2D eigenvalue weighted by molar-refractivity contribution is -0.127. The summed E-state index contributed by atoms with van der Waals surface area (Å²) in [7, 11) is 0. The standard InChI is InChI=1S/C24H24FN5O3/c1-16-21(17(2)30(27-16)20-6-4-3-5-7-20)22(31)23(32)28-12-14-29(15-13-28)24(33)26-19-10-8-18(25)9-11-19/h3-11H,12-15H2,1-2H3,(H,26,33). The van der Waals surface area contributed by atoms with Crippen molar-refractivity contribution >= 4 is 23.4 Å². The van der Waals surface area contributed by atoms with Gasteiger partial charge in [-0.1, -0.05) is 18.2 Å². The van der Waals surface area contributed by atoms with E-state index in [0.717, 1.165) is 5.69 Å². The van der Waals surface area contributed by atoms with Crippen LogP contribution in [0.3, 0.4) is 0 Å². The predicted octanol–water partition coefficient (Wildman–Crippen LogP) is 3.19. The van der Waals surface area contributed by atoms with Gasteiger partial charge in [-0.25, -0.2) is 13.9 Å². The van der Waals surface area contributed by atoms with E-state index in [4.69, 9.17) is 0 Å². The topological polar surface area (TPSA) is 87.5 Å². The zero-order valence-electron chi connectivity index (χ0n) is 18.4. The molecule has 0 radical (unpaired) electrons. The summed E-state index contributed by atoms with van der Waals surface area (Å²) in [6.07, 6.45) is 0. The number of hydrogen-bond acceptors (Lipinski definition) is 4. The van der Waals surface area contributed by atoms with Crippen LogP contribution in [0, 0.1) is 19.7 Å². The van der Waals surface area contributed by atoms with Gasteiger partial charge in [-0.05, 0) is 50.2 Å². The minimum atomic E-state index is -0.604. The number of amides is 3. The molecule has 1 saturated heterocycles. The van der Waals surface area contributed by atoms with Gasteiger partial charge in [0, 0.05) is 31.9 Å². The number of piperazine rings is 1. The van der Waals surface area contributed by atoms with Gasteiger partial charge in [0.25, 0.3) is 11.7 Å². The van der Waals surface area contributed by atoms with Gasteiger partial charge in [-0.15, -0.1) is 0 Å². The highest BCUT2D eigenvalue weighted by atomic mass is 19.1. The second-order valence-corrected chi connectivity index (χ2v) is 7.84. The van der Waals surface area contributed by atoms with Crippen molar-refractivity contribution in [1.82, 2.24) is 19.6 Å². The van der Waals surface area contributed by atoms with Gasteiger partial charge >= 0.3 is 6.03 Å². The molecule has 3 amide bonds. The van der Waals surface area contributed by atoms with Crippen molar-refractivity contribution in [1.29, 1.82) is 0 Å². The molecule has 3 aromatic rings. The van der Waals surface area contributed by atoms with Crippen LogP contribution in [0.1, 0.15) is 21.7 Å². The second kappa shape index (κ2) is 9.23. The summed E-state index contributed by atoms with van der Waals surface area (Å²) in [5.41, 5.74) is 2.70. The smallest absolute Gasteiger partial charge is 0.321 e. The number of anilines is 1. The average molecular weight is 449 g/mol. The van der Waals surface area contributed by atoms with Crippen LogP contribution in [-0.2, 0) is 4.79 Å². The van der Waals surface area contributed by atoms with E-state index in [1.165, 1.54) is 29.2 Å². The van der Waals surface area contributed by atoms with E-state index in [1.807, 2.05) is 30.3 Å². The third kappa shape index (κ3) is 4.62. The molecule has 0 spiro atoms. The third-order valence-electron chi connectivity index (χ3n) is 5.66. The fraction of sp³-hybridized carbons (Fsp3) is 0.250. The van der Waals surface area contributed by atoms with Crippen molar-refractivity contribution in [2.75, 3.05) is 31.5 Å². The summed E-state index contributed by atoms with van der Waals surface area (Å²) < 4.78 is 14.7. The maximum atomic E-state index is 13.0. The van der Waals surface area contributed by atoms with E-state index in [-0.39, 0.29) is 38.0 Å². The lowest BCUT2D eigenvalue weighted by atomic mass is 10.1. The molecule has 1 aromatic heterocycles. The molecule has 0 aliphatic carbocycles. The molecule has 0 bridgehead atoms. The van der Waals surface area contributed by atoms with Crippen LogP contribution in [0.4, 0.5) is 14.9 Å². The molecule has 0 unspecified atom stereocenters. The van der Waals surface area contributed by atoms with Crippen molar-refractivity contribution in [3.05, 3.63) is 77.4 Å². The summed E-state index contributed by atoms with van der Waals surface area (Å²) >= 11 is 0. The van der Waals surface area contributed by atoms with E-state index in [1.54, 1.807) is 23.4 Å². The Labute approximate surface area is 190 Å². The van der Waals surface area contributed by atoms with E-state index in [0.29, 0.717) is 22.6 Å². The summed E-state index contributed by atoms with van der Waals surface area (Å²) in [6, 6.07) is 14.6. The molecule has 4 rings (SSSR count). The lowest BCUT2D eigenvalue weighted by Gasteiger charge is -2.34. The molecule has 1 N–H and O–H groups in total. The summed E-state index contributed by atoms with van der Waals surface area (Å²) in [6.45, 7) is 4.54. The Morgan fingerprint density at radius 3 is 2.12 bits per heavy atom. The number of aryl methyl sites for hydroxylation is 1. The molecule has 33 heavy (non-hydrogen) atoms. The predicted molar refractivity (Wildman–Crippen MR) is 121 cm³/mol. The molecule has 2 aromatic carbocycles. The zero-order chi connectivity index (χ0) is 23.5. The first kappa shape index (κ1) is 22.2. The molecule has 1 aliphatic heterocycles. The molecule has 0 saturated carbocycles. The van der Waals surface area contributed by atoms with Crippen molar-refractivity contribution in [2.45, 2.75) is 13.8 Å². The minimum Gasteiger partial charge on any atom is -0.332 e. The van der Waals surface area contributed by atoms with Crippen LogP contribution in [0.2, 0.25) is 0 Å². The number of Topliss-reactive ketones (excluding diaryl/α,β-unsaturated/α-hetero) is 1. The van der Waals surface area contributed by atoms with Gasteiger partial charge in [-0.3, -0.25) is 9.59 Å². The fourth-order valence-corrected chi connectivity index (χ4v) is 3.89. The van der Waals surface area contributed by atoms with E-state index in [2.05, 4.69) is 10.4 Å². The van der Waals surface area contributed by atoms with Crippen molar-refractivity contribution in [2.24, 2.45) is 0 Å². The van der Waals surface area contributed by atoms with Crippen molar-refractivity contribution < 1.29 is 18.8 Å². The van der Waals surface area contributed by atoms with Crippen LogP contribution >= 0.6 is 0 Å². The molecule has 2 heterocycles. The highest BCUT2D eigenvalue weighted by Crippen LogP contribution is 2.20. The number of aromatic nitrogens is 2. The monoisotopic (exact) mass is 449 g/mol. The number of benzene rings is 2. The number of urea groups is 1. The zero-order valence-corrected chi connectivity index (χ0v) is 18.4. The quantitative estimate of drug-likeness (QED) is 0.490. The van der Waals surface area contributed by atoms with Crippen LogP contribution in [0.15, 0.2) is 54.6 Å². The van der Waals surface area contributed by atoms with Crippen LogP contribution in [-0.4, -0.2) is 63.5 Å². The first-order valence-corrected chi connectivity index (χ1v) is 10.6. The Kier molecular flexibility index (Phi) is 6.21. The van der Waals surface area contributed by atoms with Crippen molar-refractivity contribution in [3.63, 3.8) is 0 Å². The van der Waals surface area contributed by atoms with Gasteiger partial charge < -0.3 is 15.1 Å². The second-order valence-electron chi connectivity index (χ2n) is 7.84. The van der Waals surface area contributed by atoms with Crippen molar-refractivity contribution in [3.8, 4) is 5.69 Å². The number of hydrogen-bond donors (Lipinski definition) is 1. The molecule has 170 valence electrons. The first-order chi connectivity index (χ1) is 15.8. The normalized spacial score (nSPS) is 13.7. The summed E-state index contributed by atoms with van der Waals surface area (Å²) in [4.78, 5) is 41.4. The van der Waals surface area contributed by atoms with Gasteiger partial charge in [0.1, 0.15) is 5.82 Å². The largest absolute Gasteiger partial charge is 0.332 e. The number of nitrogens with one attached hydrogen (secondary N) is 1. The molecular weight excluding hydrogens is 425 g/mol. The number of halogens is 1. The number of ketones is 1. The number of para-hydroxylation sites is 1. The maximum Gasteiger partial charge on any atom is 0.321 e. The van der Waals surface area contributed by atoms with Crippen LogP contribution in [0.25, 0.3) is 5.69 Å². The van der Waals surface area contributed by atoms with Gasteiger partial charge in [0.2, 0.25) is 0 Å². The van der Waals surface area contributed by atoms with E-state index < -0.39 is 11.7 Å². The van der Waals surface area contributed by atoms with Gasteiger partial charge in [0.05, 0.1) is 22.6 Å². The van der Waals surface area contributed by atoms with E-state index in [9.17, 15) is 18.8 Å². The number of carbonyl (C=O) groups is 3. The summed E-state index contributed by atoms with van der Waals surface area (Å²) in [5.74, 6) is -1.59. The Hall–Kier alpha value is -4.01. The molecule has 1 fully saturated rings. The average Bonchev–Trinajstić information content (AvgIpc) is 3.14. The highest BCUT2D eigenvalue weighted by Gasteiger charge is 2.31. The Bertz CT molecular complexity index is 1180. The highest BCUT2D eigenvalue weighted by molar-refractivity contribution is 6.43. The maximum absolute atomic E-state index is 13.0. The lowest BCUT2D eigenvalue weighted by Crippen LogP contribution is -2.53. The number of nitrogens with zero attached hydrogens (tertiary/aromatic N) is 4. The molecule has 8 nitrogen and oxygen atoms in total. The number of rotatable bonds is 4. The Morgan fingerprint density at radius 2 is 1.48 bits per heavy atom. The third-order valence-corrected chi connectivity index (χ3v) is 5.66. The molecule has 0 atom stereocenters. The van der Waals surface area contributed by atoms with E-state index >= 15 is 0 Å². The minimum absolute atomic E-state index is 0.242. The Balaban J connectivity index is 1.40. The SMILES string of the molecule is Cc1nn(-c2ccccc2)c(C)c1C(=O)C(=O)N1CCN(C(=O)Nc2ccc(F)cc2)CC1.